The van der Waals surface area contributed by atoms with Crippen LogP contribution in [0.2, 0.25) is 0 Å². The van der Waals surface area contributed by atoms with Gasteiger partial charge in [0.25, 0.3) is 5.91 Å². The molecule has 0 aliphatic rings. The highest BCUT2D eigenvalue weighted by Crippen LogP contribution is 2.35. The van der Waals surface area contributed by atoms with E-state index in [1.54, 1.807) is 6.07 Å². The summed E-state index contributed by atoms with van der Waals surface area (Å²) in [6, 6.07) is 5.84. The topological polar surface area (TPSA) is 54.9 Å². The Kier molecular flexibility index (Phi) is 4.07. The highest BCUT2D eigenvalue weighted by atomic mass is 79.9. The molecule has 0 bridgehead atoms. The predicted molar refractivity (Wildman–Crippen MR) is 84.5 cm³/mol. The van der Waals surface area contributed by atoms with Crippen LogP contribution < -0.4 is 5.32 Å². The van der Waals surface area contributed by atoms with Crippen LogP contribution in [0.15, 0.2) is 41.1 Å². The van der Waals surface area contributed by atoms with Crippen molar-refractivity contribution in [3.8, 4) is 0 Å². The van der Waals surface area contributed by atoms with Gasteiger partial charge in [-0.3, -0.25) is 9.78 Å². The van der Waals surface area contributed by atoms with Gasteiger partial charge >= 0.3 is 6.18 Å². The Bertz CT molecular complexity index is 894. The van der Waals surface area contributed by atoms with Crippen LogP contribution in [0, 0.1) is 0 Å². The van der Waals surface area contributed by atoms with Gasteiger partial charge in [-0.05, 0) is 40.2 Å². The van der Waals surface area contributed by atoms with Crippen molar-refractivity contribution in [1.82, 2.24) is 9.97 Å². The number of halogens is 4. The van der Waals surface area contributed by atoms with Gasteiger partial charge in [0.2, 0.25) is 0 Å². The molecule has 0 aliphatic carbocycles. The lowest BCUT2D eigenvalue weighted by molar-refractivity contribution is -0.137. The summed E-state index contributed by atoms with van der Waals surface area (Å²) < 4.78 is 38.9. The van der Waals surface area contributed by atoms with Crippen LogP contribution in [0.25, 0.3) is 10.2 Å². The molecule has 118 valence electrons. The molecule has 0 radical (unpaired) electrons. The lowest BCUT2D eigenvalue weighted by atomic mass is 10.2. The molecule has 3 rings (SSSR count). The van der Waals surface area contributed by atoms with Crippen molar-refractivity contribution in [3.63, 3.8) is 0 Å². The Balaban J connectivity index is 1.91. The number of anilines is 1. The summed E-state index contributed by atoms with van der Waals surface area (Å²) in [6.07, 6.45) is -1.45. The molecule has 3 aromatic rings. The lowest BCUT2D eigenvalue weighted by Crippen LogP contribution is -2.12. The zero-order chi connectivity index (χ0) is 16.6. The maximum Gasteiger partial charge on any atom is 0.443 e. The number of carbonyl (C=O) groups excluding carboxylic acids is 1. The molecular weight excluding hydrogens is 395 g/mol. The summed E-state index contributed by atoms with van der Waals surface area (Å²) in [5, 5.41) is 1.74. The number of alkyl halides is 3. The molecule has 0 saturated carbocycles. The monoisotopic (exact) mass is 401 g/mol. The zero-order valence-corrected chi connectivity index (χ0v) is 13.6. The molecular formula is C14H7BrF3N3OS. The number of aromatic nitrogens is 2. The number of fused-ring (bicyclic) bond motifs is 1. The molecule has 1 N–H and O–H groups in total. The van der Waals surface area contributed by atoms with E-state index in [2.05, 4.69) is 31.2 Å². The Labute approximate surface area is 140 Å². The SMILES string of the molecule is O=C(Nc1ccncc1Br)c1ccc2nc(C(F)(F)F)sc2c1. The van der Waals surface area contributed by atoms with E-state index < -0.39 is 17.1 Å². The number of hydrogen-bond acceptors (Lipinski definition) is 4. The third-order valence-corrected chi connectivity index (χ3v) is 4.61. The maximum absolute atomic E-state index is 12.7. The van der Waals surface area contributed by atoms with Gasteiger partial charge in [0, 0.05) is 18.0 Å². The zero-order valence-electron chi connectivity index (χ0n) is 11.2. The van der Waals surface area contributed by atoms with Crippen LogP contribution in [0.3, 0.4) is 0 Å². The van der Waals surface area contributed by atoms with Gasteiger partial charge in [-0.1, -0.05) is 0 Å². The molecule has 0 spiro atoms. The van der Waals surface area contributed by atoms with E-state index in [1.807, 2.05) is 0 Å². The minimum Gasteiger partial charge on any atom is -0.321 e. The van der Waals surface area contributed by atoms with Crippen molar-refractivity contribution in [3.05, 3.63) is 51.7 Å². The third kappa shape index (κ3) is 3.35. The fourth-order valence-electron chi connectivity index (χ4n) is 1.86. The van der Waals surface area contributed by atoms with E-state index >= 15 is 0 Å². The number of hydrogen-bond donors (Lipinski definition) is 1. The Hall–Kier alpha value is -2.00. The fourth-order valence-corrected chi connectivity index (χ4v) is 3.08. The van der Waals surface area contributed by atoms with Crippen molar-refractivity contribution in [2.45, 2.75) is 6.18 Å². The third-order valence-electron chi connectivity index (χ3n) is 2.91. The van der Waals surface area contributed by atoms with Crippen molar-refractivity contribution >= 4 is 49.1 Å². The number of nitrogens with zero attached hydrogens (tertiary/aromatic N) is 2. The molecule has 2 heterocycles. The number of rotatable bonds is 2. The number of benzene rings is 1. The predicted octanol–water partition coefficient (Wildman–Crippen LogP) is 4.72. The van der Waals surface area contributed by atoms with Crippen LogP contribution in [0.1, 0.15) is 15.4 Å². The van der Waals surface area contributed by atoms with Crippen LogP contribution in [0.5, 0.6) is 0 Å². The largest absolute Gasteiger partial charge is 0.443 e. The first-order chi connectivity index (χ1) is 10.8. The van der Waals surface area contributed by atoms with Gasteiger partial charge in [0.1, 0.15) is 0 Å². The van der Waals surface area contributed by atoms with Crippen molar-refractivity contribution in [2.75, 3.05) is 5.32 Å². The number of nitrogens with one attached hydrogen (secondary N) is 1. The minimum atomic E-state index is -4.49. The molecule has 23 heavy (non-hydrogen) atoms. The van der Waals surface area contributed by atoms with Gasteiger partial charge in [0.15, 0.2) is 5.01 Å². The molecule has 0 aliphatic heterocycles. The van der Waals surface area contributed by atoms with Crippen LogP contribution >= 0.6 is 27.3 Å². The summed E-state index contributed by atoms with van der Waals surface area (Å²) in [7, 11) is 0. The molecule has 0 fully saturated rings. The second-order valence-electron chi connectivity index (χ2n) is 4.51. The van der Waals surface area contributed by atoms with E-state index in [4.69, 9.17) is 0 Å². The fraction of sp³-hybridized carbons (Fsp3) is 0.0714. The molecule has 0 saturated heterocycles. The summed E-state index contributed by atoms with van der Waals surface area (Å²) in [6.45, 7) is 0. The average Bonchev–Trinajstić information content (AvgIpc) is 2.92. The Morgan fingerprint density at radius 2 is 2.04 bits per heavy atom. The van der Waals surface area contributed by atoms with Gasteiger partial charge in [-0.25, -0.2) is 4.98 Å². The van der Waals surface area contributed by atoms with Crippen LogP contribution in [0.4, 0.5) is 18.9 Å². The van der Waals surface area contributed by atoms with Crippen molar-refractivity contribution in [1.29, 1.82) is 0 Å². The minimum absolute atomic E-state index is 0.212. The number of pyridine rings is 1. The van der Waals surface area contributed by atoms with Gasteiger partial charge < -0.3 is 5.32 Å². The number of carbonyl (C=O) groups is 1. The number of thiazole rings is 1. The summed E-state index contributed by atoms with van der Waals surface area (Å²) >= 11 is 3.76. The van der Waals surface area contributed by atoms with E-state index in [0.29, 0.717) is 26.2 Å². The first-order valence-electron chi connectivity index (χ1n) is 6.23. The highest BCUT2D eigenvalue weighted by molar-refractivity contribution is 9.10. The molecule has 4 nitrogen and oxygen atoms in total. The van der Waals surface area contributed by atoms with Gasteiger partial charge in [-0.15, -0.1) is 11.3 Å². The van der Waals surface area contributed by atoms with Gasteiger partial charge in [-0.2, -0.15) is 13.2 Å². The summed E-state index contributed by atoms with van der Waals surface area (Å²) in [4.78, 5) is 19.6. The summed E-state index contributed by atoms with van der Waals surface area (Å²) in [5.41, 5.74) is 0.980. The standard InChI is InChI=1S/C14H7BrF3N3OS/c15-8-6-19-4-3-9(8)20-12(22)7-1-2-10-11(5-7)23-13(21-10)14(16,17)18/h1-6H,(H,19,20,22). The van der Waals surface area contributed by atoms with Gasteiger partial charge in [0.05, 0.1) is 20.4 Å². The first kappa shape index (κ1) is 15.9. The normalized spacial score (nSPS) is 11.7. The summed E-state index contributed by atoms with van der Waals surface area (Å²) in [5.74, 6) is -0.430. The van der Waals surface area contributed by atoms with E-state index in [1.165, 1.54) is 30.6 Å². The molecule has 1 amide bonds. The van der Waals surface area contributed by atoms with Crippen molar-refractivity contribution < 1.29 is 18.0 Å². The second kappa shape index (κ2) is 5.89. The molecule has 1 aromatic carbocycles. The van der Waals surface area contributed by atoms with E-state index in [0.717, 1.165) is 0 Å². The second-order valence-corrected chi connectivity index (χ2v) is 6.39. The van der Waals surface area contributed by atoms with E-state index in [-0.39, 0.29) is 11.1 Å². The van der Waals surface area contributed by atoms with E-state index in [9.17, 15) is 18.0 Å². The van der Waals surface area contributed by atoms with Crippen LogP contribution in [-0.2, 0) is 6.18 Å². The molecule has 0 atom stereocenters. The van der Waals surface area contributed by atoms with Crippen molar-refractivity contribution in [2.24, 2.45) is 0 Å². The molecule has 0 unspecified atom stereocenters. The molecule has 9 heteroatoms. The smallest absolute Gasteiger partial charge is 0.321 e. The van der Waals surface area contributed by atoms with Crippen LogP contribution in [-0.4, -0.2) is 15.9 Å². The number of amides is 1. The Morgan fingerprint density at radius 3 is 2.74 bits per heavy atom. The Morgan fingerprint density at radius 1 is 1.26 bits per heavy atom. The maximum atomic E-state index is 12.7. The lowest BCUT2D eigenvalue weighted by Gasteiger charge is -2.06. The molecule has 2 aromatic heterocycles. The first-order valence-corrected chi connectivity index (χ1v) is 7.84. The highest BCUT2D eigenvalue weighted by Gasteiger charge is 2.34. The average molecular weight is 402 g/mol. The quantitative estimate of drug-likeness (QED) is 0.675.